The number of nitrogens with one attached hydrogen (secondary N) is 1. The number of ether oxygens (including phenoxy) is 1. The van der Waals surface area contributed by atoms with E-state index in [4.69, 9.17) is 16.3 Å². The van der Waals surface area contributed by atoms with Crippen LogP contribution < -0.4 is 4.72 Å². The summed E-state index contributed by atoms with van der Waals surface area (Å²) in [5, 5.41) is -0.0384. The SMILES string of the molecule is CN(C)CCOCCNS(=O)(=O)c1cccnc1Cl. The molecule has 8 heteroatoms. The molecule has 1 N–H and O–H groups in total. The first-order valence-corrected chi connectivity index (χ1v) is 7.62. The highest BCUT2D eigenvalue weighted by Crippen LogP contribution is 2.16. The van der Waals surface area contributed by atoms with Crippen molar-refractivity contribution in [2.45, 2.75) is 4.90 Å². The van der Waals surface area contributed by atoms with Gasteiger partial charge in [-0.15, -0.1) is 0 Å². The van der Waals surface area contributed by atoms with E-state index in [0.717, 1.165) is 6.54 Å². The van der Waals surface area contributed by atoms with E-state index in [9.17, 15) is 8.42 Å². The van der Waals surface area contributed by atoms with Crippen LogP contribution in [-0.2, 0) is 14.8 Å². The standard InChI is InChI=1S/C11H18ClN3O3S/c1-15(2)7-9-18-8-6-14-19(16,17)10-4-3-5-13-11(10)12/h3-5,14H,6-9H2,1-2H3. The van der Waals surface area contributed by atoms with Gasteiger partial charge < -0.3 is 9.64 Å². The summed E-state index contributed by atoms with van der Waals surface area (Å²) in [6.07, 6.45) is 1.44. The van der Waals surface area contributed by atoms with E-state index in [1.54, 1.807) is 0 Å². The van der Waals surface area contributed by atoms with Gasteiger partial charge in [-0.2, -0.15) is 0 Å². The number of rotatable bonds is 8. The highest BCUT2D eigenvalue weighted by molar-refractivity contribution is 7.89. The van der Waals surface area contributed by atoms with Gasteiger partial charge in [0.15, 0.2) is 0 Å². The normalized spacial score (nSPS) is 12.0. The van der Waals surface area contributed by atoms with Crippen molar-refractivity contribution in [3.8, 4) is 0 Å². The summed E-state index contributed by atoms with van der Waals surface area (Å²) < 4.78 is 31.5. The minimum Gasteiger partial charge on any atom is -0.379 e. The van der Waals surface area contributed by atoms with Gasteiger partial charge in [0.05, 0.1) is 13.2 Å². The third-order valence-electron chi connectivity index (χ3n) is 2.24. The molecule has 0 bridgehead atoms. The molecule has 0 radical (unpaired) electrons. The van der Waals surface area contributed by atoms with Gasteiger partial charge in [-0.3, -0.25) is 0 Å². The maximum Gasteiger partial charge on any atom is 0.243 e. The van der Waals surface area contributed by atoms with Crippen LogP contribution in [0.3, 0.4) is 0 Å². The van der Waals surface area contributed by atoms with Crippen LogP contribution in [0.4, 0.5) is 0 Å². The van der Waals surface area contributed by atoms with Crippen LogP contribution in [-0.4, -0.2) is 58.7 Å². The van der Waals surface area contributed by atoms with Gasteiger partial charge in [-0.25, -0.2) is 18.1 Å². The zero-order valence-electron chi connectivity index (χ0n) is 11.0. The van der Waals surface area contributed by atoms with Crippen LogP contribution in [0, 0.1) is 0 Å². The summed E-state index contributed by atoms with van der Waals surface area (Å²) >= 11 is 5.74. The highest BCUT2D eigenvalue weighted by atomic mass is 35.5. The lowest BCUT2D eigenvalue weighted by Gasteiger charge is -2.10. The van der Waals surface area contributed by atoms with Crippen LogP contribution in [0.5, 0.6) is 0 Å². The van der Waals surface area contributed by atoms with Gasteiger partial charge in [0, 0.05) is 19.3 Å². The van der Waals surface area contributed by atoms with Crippen molar-refractivity contribution < 1.29 is 13.2 Å². The van der Waals surface area contributed by atoms with E-state index in [2.05, 4.69) is 9.71 Å². The minimum atomic E-state index is -3.63. The topological polar surface area (TPSA) is 71.5 Å². The fraction of sp³-hybridized carbons (Fsp3) is 0.545. The molecule has 0 aliphatic carbocycles. The van der Waals surface area contributed by atoms with Gasteiger partial charge in [0.1, 0.15) is 10.0 Å². The number of nitrogens with zero attached hydrogens (tertiary/aromatic N) is 2. The second kappa shape index (κ2) is 7.76. The molecular weight excluding hydrogens is 290 g/mol. The zero-order valence-corrected chi connectivity index (χ0v) is 12.5. The van der Waals surface area contributed by atoms with E-state index >= 15 is 0 Å². The van der Waals surface area contributed by atoms with Crippen molar-refractivity contribution >= 4 is 21.6 Å². The summed E-state index contributed by atoms with van der Waals surface area (Å²) in [5.41, 5.74) is 0. The molecule has 0 amide bonds. The van der Waals surface area contributed by atoms with Gasteiger partial charge in [-0.1, -0.05) is 11.6 Å². The first-order chi connectivity index (χ1) is 8.93. The number of hydrogen-bond donors (Lipinski definition) is 1. The maximum atomic E-state index is 11.9. The molecule has 0 aliphatic heterocycles. The van der Waals surface area contributed by atoms with Gasteiger partial charge >= 0.3 is 0 Å². The van der Waals surface area contributed by atoms with Crippen molar-refractivity contribution in [2.24, 2.45) is 0 Å². The third-order valence-corrected chi connectivity index (χ3v) is 4.14. The molecule has 0 unspecified atom stereocenters. The van der Waals surface area contributed by atoms with E-state index in [1.165, 1.54) is 18.3 Å². The molecule has 19 heavy (non-hydrogen) atoms. The Hall–Kier alpha value is -0.730. The second-order valence-electron chi connectivity index (χ2n) is 4.11. The third kappa shape index (κ3) is 5.84. The minimum absolute atomic E-state index is 0.0232. The number of likely N-dealkylation sites (N-methyl/N-ethyl adjacent to an activating group) is 1. The molecule has 0 fully saturated rings. The van der Waals surface area contributed by atoms with Crippen molar-refractivity contribution in [1.29, 1.82) is 0 Å². The van der Waals surface area contributed by atoms with Crippen LogP contribution in [0.1, 0.15) is 0 Å². The molecule has 1 heterocycles. The Morgan fingerprint density at radius 3 is 2.79 bits per heavy atom. The lowest BCUT2D eigenvalue weighted by atomic mass is 10.5. The van der Waals surface area contributed by atoms with Crippen LogP contribution in [0.2, 0.25) is 5.15 Å². The molecule has 0 saturated heterocycles. The molecule has 0 atom stereocenters. The van der Waals surface area contributed by atoms with E-state index in [-0.39, 0.29) is 16.6 Å². The Balaban J connectivity index is 2.38. The Labute approximate surface area is 118 Å². The smallest absolute Gasteiger partial charge is 0.243 e. The predicted molar refractivity (Wildman–Crippen MR) is 73.8 cm³/mol. The first kappa shape index (κ1) is 16.3. The molecular formula is C11H18ClN3O3S. The lowest BCUT2D eigenvalue weighted by molar-refractivity contribution is 0.122. The van der Waals surface area contributed by atoms with Gasteiger partial charge in [0.2, 0.25) is 10.0 Å². The van der Waals surface area contributed by atoms with Crippen molar-refractivity contribution in [3.05, 3.63) is 23.5 Å². The molecule has 0 aliphatic rings. The number of halogens is 1. The maximum absolute atomic E-state index is 11.9. The predicted octanol–water partition coefficient (Wildman–Crippen LogP) is 0.591. The summed E-state index contributed by atoms with van der Waals surface area (Å²) in [6.45, 7) is 1.86. The van der Waals surface area contributed by atoms with Gasteiger partial charge in [-0.05, 0) is 26.2 Å². The van der Waals surface area contributed by atoms with Crippen LogP contribution in [0.15, 0.2) is 23.2 Å². The fourth-order valence-electron chi connectivity index (χ4n) is 1.25. The van der Waals surface area contributed by atoms with Crippen LogP contribution in [0.25, 0.3) is 0 Å². The van der Waals surface area contributed by atoms with E-state index < -0.39 is 10.0 Å². The van der Waals surface area contributed by atoms with Gasteiger partial charge in [0.25, 0.3) is 0 Å². The van der Waals surface area contributed by atoms with Crippen LogP contribution >= 0.6 is 11.6 Å². The Kier molecular flexibility index (Phi) is 6.67. The monoisotopic (exact) mass is 307 g/mol. The second-order valence-corrected chi connectivity index (χ2v) is 6.20. The molecule has 1 aromatic rings. The quantitative estimate of drug-likeness (QED) is 0.562. The number of sulfonamides is 1. The highest BCUT2D eigenvalue weighted by Gasteiger charge is 2.17. The largest absolute Gasteiger partial charge is 0.379 e. The molecule has 108 valence electrons. The fourth-order valence-corrected chi connectivity index (χ4v) is 2.71. The molecule has 6 nitrogen and oxygen atoms in total. The number of hydrogen-bond acceptors (Lipinski definition) is 5. The Morgan fingerprint density at radius 2 is 2.16 bits per heavy atom. The number of pyridine rings is 1. The lowest BCUT2D eigenvalue weighted by Crippen LogP contribution is -2.28. The summed E-state index contributed by atoms with van der Waals surface area (Å²) in [6, 6.07) is 2.93. The average molecular weight is 308 g/mol. The van der Waals surface area contributed by atoms with E-state index in [1.807, 2.05) is 19.0 Å². The Bertz CT molecular complexity index is 494. The summed E-state index contributed by atoms with van der Waals surface area (Å²) in [4.78, 5) is 5.69. The summed E-state index contributed by atoms with van der Waals surface area (Å²) in [7, 11) is 0.253. The van der Waals surface area contributed by atoms with Crippen molar-refractivity contribution in [2.75, 3.05) is 40.4 Å². The molecule has 0 spiro atoms. The Morgan fingerprint density at radius 1 is 1.42 bits per heavy atom. The molecule has 1 aromatic heterocycles. The van der Waals surface area contributed by atoms with Crippen molar-refractivity contribution in [3.63, 3.8) is 0 Å². The van der Waals surface area contributed by atoms with Crippen molar-refractivity contribution in [1.82, 2.24) is 14.6 Å². The zero-order chi connectivity index (χ0) is 14.3. The van der Waals surface area contributed by atoms with E-state index in [0.29, 0.717) is 13.2 Å². The molecule has 0 aromatic carbocycles. The molecule has 0 saturated carbocycles. The number of aromatic nitrogens is 1. The summed E-state index contributed by atoms with van der Waals surface area (Å²) in [5.74, 6) is 0. The molecule has 1 rings (SSSR count). The average Bonchev–Trinajstić information content (AvgIpc) is 2.33. The first-order valence-electron chi connectivity index (χ1n) is 5.76.